The number of amides is 2. The van der Waals surface area contributed by atoms with Crippen LogP contribution in [0.1, 0.15) is 49.0 Å². The van der Waals surface area contributed by atoms with E-state index in [0.717, 1.165) is 0 Å². The Kier molecular flexibility index (Phi) is 9.33. The first-order valence-electron chi connectivity index (χ1n) is 10.5. The number of carboxylic acids is 1. The number of piperidine rings is 1. The minimum absolute atomic E-state index is 0.0478. The number of nitrogens with zero attached hydrogens (tertiary/aromatic N) is 1. The Bertz CT molecular complexity index is 846. The van der Waals surface area contributed by atoms with E-state index in [4.69, 9.17) is 20.0 Å². The van der Waals surface area contributed by atoms with Gasteiger partial charge in [0.2, 0.25) is 5.91 Å². The van der Waals surface area contributed by atoms with Gasteiger partial charge in [0.25, 0.3) is 0 Å². The van der Waals surface area contributed by atoms with E-state index in [0.29, 0.717) is 37.1 Å². The van der Waals surface area contributed by atoms with Crippen molar-refractivity contribution in [3.05, 3.63) is 35.4 Å². The van der Waals surface area contributed by atoms with Gasteiger partial charge in [-0.05, 0) is 19.8 Å². The molecule has 0 aromatic heterocycles. The Labute approximate surface area is 186 Å². The number of likely N-dealkylation sites (tertiary alicyclic amines) is 1. The summed E-state index contributed by atoms with van der Waals surface area (Å²) < 4.78 is 10.0. The maximum atomic E-state index is 12.7. The van der Waals surface area contributed by atoms with Crippen LogP contribution < -0.4 is 5.32 Å². The lowest BCUT2D eigenvalue weighted by molar-refractivity contribution is -0.147. The maximum Gasteiger partial charge on any atom is 0.412 e. The first kappa shape index (κ1) is 25.0. The number of carbonyl (C=O) groups is 4. The summed E-state index contributed by atoms with van der Waals surface area (Å²) in [7, 11) is 0. The monoisotopic (exact) mass is 447 g/mol. The fourth-order valence-electron chi connectivity index (χ4n) is 3.39. The van der Waals surface area contributed by atoms with Crippen LogP contribution in [-0.2, 0) is 19.1 Å². The van der Waals surface area contributed by atoms with Crippen LogP contribution in [0.4, 0.5) is 4.79 Å². The molecule has 2 amide bonds. The second kappa shape index (κ2) is 11.9. The summed E-state index contributed by atoms with van der Waals surface area (Å²) in [6, 6.07) is 6.22. The molecule has 1 unspecified atom stereocenters. The molecule has 2 rings (SSSR count). The number of carboxylic acid groups (broad SMARTS) is 1. The van der Waals surface area contributed by atoms with Crippen LogP contribution >= 0.6 is 0 Å². The molecule has 1 fully saturated rings. The van der Waals surface area contributed by atoms with Gasteiger partial charge >= 0.3 is 12.1 Å². The second-order valence-corrected chi connectivity index (χ2v) is 7.56. The number of ether oxygens (including phenoxy) is 2. The fraction of sp³-hybridized carbons (Fsp3) is 0.500. The van der Waals surface area contributed by atoms with Crippen molar-refractivity contribution in [2.45, 2.75) is 39.2 Å². The summed E-state index contributed by atoms with van der Waals surface area (Å²) in [5.41, 5.74) is 0.838. The molecule has 0 bridgehead atoms. The number of Topliss-reactive ketones (excluding diaryl/α,β-unsaturated/α-hetero) is 1. The molecule has 1 heterocycles. The van der Waals surface area contributed by atoms with E-state index < -0.39 is 18.0 Å². The van der Waals surface area contributed by atoms with Crippen LogP contribution in [0.15, 0.2) is 24.3 Å². The topological polar surface area (TPSA) is 146 Å². The first-order chi connectivity index (χ1) is 15.2. The number of ketones is 1. The number of benzene rings is 1. The molecule has 1 aromatic carbocycles. The van der Waals surface area contributed by atoms with E-state index in [2.05, 4.69) is 5.32 Å². The standard InChI is InChI=1S/C22H29N3O7/c1-3-31-22(30)24-20(23)16-6-4-15(5-7-16)18(26)12-14(2)21(29)25-10-8-17(9-11-25)32-13-19(27)28/h4-7,14,17H,3,8-13H2,1-2H3,(H,27,28)(H2,23,24,30). The molecule has 0 radical (unpaired) electrons. The quantitative estimate of drug-likeness (QED) is 0.298. The molecule has 3 N–H and O–H groups in total. The molecule has 10 heteroatoms. The lowest BCUT2D eigenvalue weighted by atomic mass is 9.96. The Morgan fingerprint density at radius 3 is 2.31 bits per heavy atom. The predicted octanol–water partition coefficient (Wildman–Crippen LogP) is 2.06. The summed E-state index contributed by atoms with van der Waals surface area (Å²) in [5.74, 6) is -1.96. The smallest absolute Gasteiger partial charge is 0.412 e. The van der Waals surface area contributed by atoms with Gasteiger partial charge in [-0.3, -0.25) is 20.3 Å². The van der Waals surface area contributed by atoms with E-state index >= 15 is 0 Å². The van der Waals surface area contributed by atoms with Gasteiger partial charge in [0.15, 0.2) is 5.78 Å². The van der Waals surface area contributed by atoms with Crippen LogP contribution in [0, 0.1) is 11.3 Å². The summed E-state index contributed by atoms with van der Waals surface area (Å²) in [6.07, 6.45) is 0.275. The normalized spacial score (nSPS) is 15.0. The van der Waals surface area contributed by atoms with E-state index in [1.807, 2.05) is 0 Å². The summed E-state index contributed by atoms with van der Waals surface area (Å²) in [4.78, 5) is 49.0. The van der Waals surface area contributed by atoms with Gasteiger partial charge in [-0.15, -0.1) is 0 Å². The molecule has 0 aliphatic carbocycles. The summed E-state index contributed by atoms with van der Waals surface area (Å²) in [5, 5.41) is 18.8. The predicted molar refractivity (Wildman–Crippen MR) is 115 cm³/mol. The zero-order chi connectivity index (χ0) is 23.7. The molecule has 1 aliphatic heterocycles. The van der Waals surface area contributed by atoms with Crippen molar-refractivity contribution in [2.24, 2.45) is 5.92 Å². The van der Waals surface area contributed by atoms with Crippen LogP contribution in [0.3, 0.4) is 0 Å². The Balaban J connectivity index is 1.84. The molecule has 0 spiro atoms. The molecular formula is C22H29N3O7. The number of hydrogen-bond acceptors (Lipinski definition) is 7. The average molecular weight is 447 g/mol. The third kappa shape index (κ3) is 7.45. The highest BCUT2D eigenvalue weighted by Gasteiger charge is 2.28. The molecule has 1 aliphatic rings. The molecular weight excluding hydrogens is 418 g/mol. The highest BCUT2D eigenvalue weighted by atomic mass is 16.5. The van der Waals surface area contributed by atoms with Crippen LogP contribution in [0.5, 0.6) is 0 Å². The molecule has 174 valence electrons. The van der Waals surface area contributed by atoms with Crippen LogP contribution in [-0.4, -0.2) is 72.0 Å². The third-order valence-electron chi connectivity index (χ3n) is 5.11. The summed E-state index contributed by atoms with van der Waals surface area (Å²) >= 11 is 0. The van der Waals surface area contributed by atoms with Crippen molar-refractivity contribution in [1.82, 2.24) is 10.2 Å². The van der Waals surface area contributed by atoms with Gasteiger partial charge in [-0.25, -0.2) is 9.59 Å². The Morgan fingerprint density at radius 1 is 1.16 bits per heavy atom. The third-order valence-corrected chi connectivity index (χ3v) is 5.11. The Morgan fingerprint density at radius 2 is 1.75 bits per heavy atom. The van der Waals surface area contributed by atoms with Crippen molar-refractivity contribution in [1.29, 1.82) is 5.41 Å². The minimum Gasteiger partial charge on any atom is -0.480 e. The second-order valence-electron chi connectivity index (χ2n) is 7.56. The van der Waals surface area contributed by atoms with E-state index in [1.165, 1.54) is 0 Å². The van der Waals surface area contributed by atoms with E-state index in [-0.39, 0.29) is 43.3 Å². The van der Waals surface area contributed by atoms with Crippen LogP contribution in [0.25, 0.3) is 0 Å². The van der Waals surface area contributed by atoms with Gasteiger partial charge in [-0.2, -0.15) is 0 Å². The number of carbonyl (C=O) groups excluding carboxylic acids is 3. The molecule has 1 aromatic rings. The minimum atomic E-state index is -1.02. The molecule has 1 atom stereocenters. The molecule has 1 saturated heterocycles. The number of nitrogens with one attached hydrogen (secondary N) is 2. The highest BCUT2D eigenvalue weighted by molar-refractivity contribution is 6.05. The van der Waals surface area contributed by atoms with Gasteiger partial charge in [-0.1, -0.05) is 31.2 Å². The van der Waals surface area contributed by atoms with Crippen molar-refractivity contribution >= 4 is 29.6 Å². The number of aliphatic carboxylic acids is 1. The van der Waals surface area contributed by atoms with Crippen LogP contribution in [0.2, 0.25) is 0 Å². The van der Waals surface area contributed by atoms with Crippen molar-refractivity contribution < 1.29 is 33.8 Å². The SMILES string of the molecule is CCOC(=O)NC(=N)c1ccc(C(=O)CC(C)C(=O)N2CCC(OCC(=O)O)CC2)cc1. The van der Waals surface area contributed by atoms with Gasteiger partial charge in [0.1, 0.15) is 12.4 Å². The lowest BCUT2D eigenvalue weighted by Gasteiger charge is -2.33. The zero-order valence-corrected chi connectivity index (χ0v) is 18.3. The highest BCUT2D eigenvalue weighted by Crippen LogP contribution is 2.19. The van der Waals surface area contributed by atoms with Crippen molar-refractivity contribution in [3.8, 4) is 0 Å². The number of rotatable bonds is 9. The molecule has 0 saturated carbocycles. The lowest BCUT2D eigenvalue weighted by Crippen LogP contribution is -2.43. The fourth-order valence-corrected chi connectivity index (χ4v) is 3.39. The van der Waals surface area contributed by atoms with Crippen molar-refractivity contribution in [3.63, 3.8) is 0 Å². The van der Waals surface area contributed by atoms with Gasteiger partial charge < -0.3 is 19.5 Å². The van der Waals surface area contributed by atoms with E-state index in [9.17, 15) is 19.2 Å². The first-order valence-corrected chi connectivity index (χ1v) is 10.5. The van der Waals surface area contributed by atoms with Crippen molar-refractivity contribution in [2.75, 3.05) is 26.3 Å². The largest absolute Gasteiger partial charge is 0.480 e. The average Bonchev–Trinajstić information content (AvgIpc) is 2.77. The molecule has 10 nitrogen and oxygen atoms in total. The Hall–Kier alpha value is -3.27. The van der Waals surface area contributed by atoms with Gasteiger partial charge in [0, 0.05) is 36.6 Å². The number of hydrogen-bond donors (Lipinski definition) is 3. The zero-order valence-electron chi connectivity index (χ0n) is 18.3. The van der Waals surface area contributed by atoms with Gasteiger partial charge in [0.05, 0.1) is 12.7 Å². The summed E-state index contributed by atoms with van der Waals surface area (Å²) in [6.45, 7) is 4.15. The molecule has 32 heavy (non-hydrogen) atoms. The number of amidine groups is 1. The van der Waals surface area contributed by atoms with E-state index in [1.54, 1.807) is 43.0 Å². The number of alkyl carbamates (subject to hydrolysis) is 1. The maximum absolute atomic E-state index is 12.7.